The highest BCUT2D eigenvalue weighted by molar-refractivity contribution is 5.85. The van der Waals surface area contributed by atoms with Gasteiger partial charge in [-0.05, 0) is 25.0 Å². The number of hydrogen-bond donors (Lipinski definition) is 2. The minimum atomic E-state index is -4.29. The van der Waals surface area contributed by atoms with Crippen LogP contribution in [0.5, 0.6) is 0 Å². The summed E-state index contributed by atoms with van der Waals surface area (Å²) < 4.78 is 37.4. The molecule has 0 heterocycles. The van der Waals surface area contributed by atoms with Crippen LogP contribution in [0.15, 0.2) is 24.3 Å². The third-order valence-corrected chi connectivity index (χ3v) is 2.40. The lowest BCUT2D eigenvalue weighted by molar-refractivity contribution is -0.137. The van der Waals surface area contributed by atoms with Gasteiger partial charge in [-0.15, -0.1) is 12.4 Å². The van der Waals surface area contributed by atoms with Crippen molar-refractivity contribution in [1.29, 1.82) is 0 Å². The van der Waals surface area contributed by atoms with Crippen molar-refractivity contribution in [3.05, 3.63) is 35.4 Å². The summed E-state index contributed by atoms with van der Waals surface area (Å²) in [6, 6.07) is 5.35. The van der Waals surface area contributed by atoms with E-state index in [0.29, 0.717) is 18.5 Å². The number of aliphatic hydroxyl groups is 1. The van der Waals surface area contributed by atoms with Crippen LogP contribution in [-0.2, 0) is 12.6 Å². The molecule has 1 rings (SSSR count). The van der Waals surface area contributed by atoms with Crippen LogP contribution in [0, 0.1) is 0 Å². The van der Waals surface area contributed by atoms with Crippen LogP contribution >= 0.6 is 12.4 Å². The van der Waals surface area contributed by atoms with E-state index in [9.17, 15) is 13.2 Å². The van der Waals surface area contributed by atoms with Crippen molar-refractivity contribution >= 4 is 12.4 Å². The van der Waals surface area contributed by atoms with Gasteiger partial charge in [-0.3, -0.25) is 0 Å². The molecule has 0 aliphatic rings. The molecule has 0 spiro atoms. The maximum Gasteiger partial charge on any atom is 0.416 e. The van der Waals surface area contributed by atoms with Crippen molar-refractivity contribution < 1.29 is 18.3 Å². The molecule has 1 aromatic carbocycles. The fourth-order valence-electron chi connectivity index (χ4n) is 1.61. The Hall–Kier alpha value is -0.780. The lowest BCUT2D eigenvalue weighted by atomic mass is 10.0. The number of aliphatic hydroxyl groups excluding tert-OH is 1. The van der Waals surface area contributed by atoms with Crippen molar-refractivity contribution in [3.8, 4) is 0 Å². The molecule has 0 aliphatic heterocycles. The van der Waals surface area contributed by atoms with Crippen molar-refractivity contribution in [2.75, 3.05) is 13.2 Å². The highest BCUT2D eigenvalue weighted by Gasteiger charge is 2.30. The molecule has 6 heteroatoms. The molecule has 0 amide bonds. The largest absolute Gasteiger partial charge is 0.416 e. The van der Waals surface area contributed by atoms with Gasteiger partial charge in [0, 0.05) is 12.6 Å². The summed E-state index contributed by atoms with van der Waals surface area (Å²) in [6.45, 7) is 2.34. The van der Waals surface area contributed by atoms with Gasteiger partial charge in [0.15, 0.2) is 0 Å². The minimum Gasteiger partial charge on any atom is -0.395 e. The Morgan fingerprint density at radius 2 is 2.00 bits per heavy atom. The third-order valence-electron chi connectivity index (χ3n) is 2.40. The van der Waals surface area contributed by atoms with Crippen LogP contribution in [0.2, 0.25) is 0 Å². The summed E-state index contributed by atoms with van der Waals surface area (Å²) in [5.74, 6) is 0. The van der Waals surface area contributed by atoms with E-state index in [-0.39, 0.29) is 25.1 Å². The lowest BCUT2D eigenvalue weighted by Gasteiger charge is -2.14. The highest BCUT2D eigenvalue weighted by Crippen LogP contribution is 2.29. The quantitative estimate of drug-likeness (QED) is 0.871. The molecule has 1 atom stereocenters. The smallest absolute Gasteiger partial charge is 0.395 e. The third kappa shape index (κ3) is 5.71. The molecule has 0 saturated heterocycles. The van der Waals surface area contributed by atoms with Crippen LogP contribution in [0.1, 0.15) is 18.1 Å². The molecule has 0 saturated carbocycles. The number of rotatable bonds is 5. The average Bonchev–Trinajstić information content (AvgIpc) is 2.25. The fourth-order valence-corrected chi connectivity index (χ4v) is 1.61. The second kappa shape index (κ2) is 7.61. The first kappa shape index (κ1) is 17.2. The molecule has 18 heavy (non-hydrogen) atoms. The lowest BCUT2D eigenvalue weighted by Crippen LogP contribution is -2.30. The molecule has 104 valence electrons. The Morgan fingerprint density at radius 1 is 1.33 bits per heavy atom. The first-order chi connectivity index (χ1) is 7.93. The van der Waals surface area contributed by atoms with Gasteiger partial charge in [-0.25, -0.2) is 0 Å². The van der Waals surface area contributed by atoms with E-state index in [0.717, 1.165) is 12.1 Å². The van der Waals surface area contributed by atoms with Gasteiger partial charge in [0.1, 0.15) is 0 Å². The highest BCUT2D eigenvalue weighted by atomic mass is 35.5. The summed E-state index contributed by atoms with van der Waals surface area (Å²) in [4.78, 5) is 0. The zero-order chi connectivity index (χ0) is 12.9. The predicted octanol–water partition coefficient (Wildman–Crippen LogP) is 2.64. The summed E-state index contributed by atoms with van der Waals surface area (Å²) in [7, 11) is 0. The molecule has 0 radical (unpaired) electrons. The van der Waals surface area contributed by atoms with Crippen LogP contribution in [0.3, 0.4) is 0 Å². The monoisotopic (exact) mass is 283 g/mol. The molecule has 2 nitrogen and oxygen atoms in total. The van der Waals surface area contributed by atoms with Crippen molar-refractivity contribution in [1.82, 2.24) is 5.32 Å². The zero-order valence-corrected chi connectivity index (χ0v) is 10.8. The van der Waals surface area contributed by atoms with E-state index in [4.69, 9.17) is 5.11 Å². The van der Waals surface area contributed by atoms with Gasteiger partial charge >= 0.3 is 6.18 Å². The SMILES string of the molecule is CC(Cc1cccc(C(F)(F)F)c1)NCCO.Cl. The Balaban J connectivity index is 0.00000289. The molecule has 0 fully saturated rings. The van der Waals surface area contributed by atoms with Gasteiger partial charge in [-0.2, -0.15) is 13.2 Å². The predicted molar refractivity (Wildman–Crippen MR) is 66.9 cm³/mol. The normalized spacial score (nSPS) is 12.9. The van der Waals surface area contributed by atoms with E-state index in [1.54, 1.807) is 6.07 Å². The van der Waals surface area contributed by atoms with E-state index < -0.39 is 11.7 Å². The summed E-state index contributed by atoms with van der Waals surface area (Å²) in [5.41, 5.74) is 0.0159. The van der Waals surface area contributed by atoms with Crippen molar-refractivity contribution in [3.63, 3.8) is 0 Å². The summed E-state index contributed by atoms with van der Waals surface area (Å²) >= 11 is 0. The summed E-state index contributed by atoms with van der Waals surface area (Å²) in [5, 5.41) is 11.6. The van der Waals surface area contributed by atoms with Gasteiger partial charge in [0.25, 0.3) is 0 Å². The molecule has 1 aromatic rings. The fraction of sp³-hybridized carbons (Fsp3) is 0.500. The van der Waals surface area contributed by atoms with E-state index in [1.807, 2.05) is 6.92 Å². The maximum absolute atomic E-state index is 12.5. The average molecular weight is 284 g/mol. The van der Waals surface area contributed by atoms with E-state index in [2.05, 4.69) is 5.32 Å². The Kier molecular flexibility index (Phi) is 7.28. The van der Waals surface area contributed by atoms with Crippen molar-refractivity contribution in [2.45, 2.75) is 25.6 Å². The van der Waals surface area contributed by atoms with Gasteiger partial charge in [0.05, 0.1) is 12.2 Å². The van der Waals surface area contributed by atoms with E-state index in [1.165, 1.54) is 6.07 Å². The number of benzene rings is 1. The maximum atomic E-state index is 12.5. The molecule has 2 N–H and O–H groups in total. The van der Waals surface area contributed by atoms with Crippen molar-refractivity contribution in [2.24, 2.45) is 0 Å². The molecule has 0 bridgehead atoms. The Bertz CT molecular complexity index is 357. The molecule has 1 unspecified atom stereocenters. The van der Waals surface area contributed by atoms with Crippen LogP contribution in [0.25, 0.3) is 0 Å². The number of halogens is 4. The number of nitrogens with one attached hydrogen (secondary N) is 1. The molecule has 0 aliphatic carbocycles. The van der Waals surface area contributed by atoms with Gasteiger partial charge < -0.3 is 10.4 Å². The minimum absolute atomic E-state index is 0. The molecule has 0 aromatic heterocycles. The first-order valence-electron chi connectivity index (χ1n) is 5.44. The Labute approximate surface area is 111 Å². The first-order valence-corrected chi connectivity index (χ1v) is 5.44. The zero-order valence-electron chi connectivity index (χ0n) is 10.00. The van der Waals surface area contributed by atoms with Crippen LogP contribution in [0.4, 0.5) is 13.2 Å². The van der Waals surface area contributed by atoms with Gasteiger partial charge in [-0.1, -0.05) is 18.2 Å². The standard InChI is InChI=1S/C12H16F3NO.ClH/c1-9(16-5-6-17)7-10-3-2-4-11(8-10)12(13,14)15;/h2-4,8-9,16-17H,5-7H2,1H3;1H. The number of hydrogen-bond acceptors (Lipinski definition) is 2. The number of alkyl halides is 3. The summed E-state index contributed by atoms with van der Waals surface area (Å²) in [6.07, 6.45) is -3.79. The topological polar surface area (TPSA) is 32.3 Å². The molecular formula is C12H17ClF3NO. The Morgan fingerprint density at radius 3 is 2.56 bits per heavy atom. The van der Waals surface area contributed by atoms with E-state index >= 15 is 0 Å². The second-order valence-electron chi connectivity index (χ2n) is 3.98. The van der Waals surface area contributed by atoms with Crippen LogP contribution in [-0.4, -0.2) is 24.3 Å². The molecular weight excluding hydrogens is 267 g/mol. The van der Waals surface area contributed by atoms with Gasteiger partial charge in [0.2, 0.25) is 0 Å². The van der Waals surface area contributed by atoms with Crippen LogP contribution < -0.4 is 5.32 Å². The second-order valence-corrected chi connectivity index (χ2v) is 3.98.